The van der Waals surface area contributed by atoms with E-state index in [1.54, 1.807) is 12.1 Å². The van der Waals surface area contributed by atoms with Crippen molar-refractivity contribution in [3.63, 3.8) is 0 Å². The minimum atomic E-state index is -0.560. The minimum Gasteiger partial charge on any atom is -0.461 e. The van der Waals surface area contributed by atoms with Gasteiger partial charge in [-0.05, 0) is 31.2 Å². The van der Waals surface area contributed by atoms with E-state index in [9.17, 15) is 9.18 Å². The van der Waals surface area contributed by atoms with E-state index in [4.69, 9.17) is 4.42 Å². The molecule has 0 saturated heterocycles. The molecule has 3 nitrogen and oxygen atoms in total. The van der Waals surface area contributed by atoms with E-state index >= 15 is 0 Å². The average Bonchev–Trinajstić information content (AvgIpc) is 2.83. The number of alkyl halides is 1. The Labute approximate surface area is 105 Å². The molecule has 0 fully saturated rings. The first kappa shape index (κ1) is 12.4. The average molecular weight is 247 g/mol. The first-order chi connectivity index (χ1) is 8.70. The molecule has 0 aliphatic heterocycles. The highest BCUT2D eigenvalue weighted by Crippen LogP contribution is 2.22. The third kappa shape index (κ3) is 2.77. The molecule has 1 N–H and O–H groups in total. The summed E-state index contributed by atoms with van der Waals surface area (Å²) >= 11 is 0. The van der Waals surface area contributed by atoms with Crippen molar-refractivity contribution in [3.8, 4) is 11.3 Å². The summed E-state index contributed by atoms with van der Waals surface area (Å²) in [5.41, 5.74) is 1.42. The molecule has 0 aliphatic carbocycles. The van der Waals surface area contributed by atoms with Crippen LogP contribution in [0.5, 0.6) is 0 Å². The van der Waals surface area contributed by atoms with E-state index in [2.05, 4.69) is 5.32 Å². The van der Waals surface area contributed by atoms with Crippen LogP contribution in [0.2, 0.25) is 0 Å². The van der Waals surface area contributed by atoms with Gasteiger partial charge in [-0.25, -0.2) is 4.39 Å². The Balaban J connectivity index is 2.12. The van der Waals surface area contributed by atoms with E-state index in [0.29, 0.717) is 5.56 Å². The largest absolute Gasteiger partial charge is 0.461 e. The van der Waals surface area contributed by atoms with Crippen LogP contribution in [-0.2, 0) is 0 Å². The predicted octanol–water partition coefficient (Wildman–Crippen LogP) is 2.95. The van der Waals surface area contributed by atoms with Gasteiger partial charge in [-0.15, -0.1) is 0 Å². The molecule has 1 aromatic heterocycles. The lowest BCUT2D eigenvalue weighted by atomic mass is 10.1. The zero-order valence-electron chi connectivity index (χ0n) is 10.1. The molecule has 18 heavy (non-hydrogen) atoms. The molecule has 0 atom stereocenters. The van der Waals surface area contributed by atoms with Gasteiger partial charge in [0.15, 0.2) is 0 Å². The second-order valence-corrected chi connectivity index (χ2v) is 3.93. The Morgan fingerprint density at radius 1 is 1.22 bits per heavy atom. The number of furan rings is 1. The molecule has 2 aromatic rings. The van der Waals surface area contributed by atoms with Crippen LogP contribution >= 0.6 is 0 Å². The van der Waals surface area contributed by atoms with Crippen molar-refractivity contribution in [3.05, 3.63) is 47.7 Å². The quantitative estimate of drug-likeness (QED) is 0.902. The molecule has 0 unspecified atom stereocenters. The van der Waals surface area contributed by atoms with Crippen molar-refractivity contribution in [2.24, 2.45) is 0 Å². The number of nitrogens with one attached hydrogen (secondary N) is 1. The van der Waals surface area contributed by atoms with Gasteiger partial charge in [-0.3, -0.25) is 4.79 Å². The van der Waals surface area contributed by atoms with Gasteiger partial charge in [0, 0.05) is 17.7 Å². The highest BCUT2D eigenvalue weighted by molar-refractivity contribution is 5.94. The standard InChI is InChI=1S/C14H14FNO2/c1-10-2-7-13(18-10)11-3-5-12(6-4-11)14(17)16-9-8-15/h2-7H,8-9H2,1H3,(H,16,17). The smallest absolute Gasteiger partial charge is 0.251 e. The van der Waals surface area contributed by atoms with Crippen LogP contribution in [0.3, 0.4) is 0 Å². The van der Waals surface area contributed by atoms with Crippen molar-refractivity contribution >= 4 is 5.91 Å². The SMILES string of the molecule is Cc1ccc(-c2ccc(C(=O)NCCF)cc2)o1. The van der Waals surface area contributed by atoms with Gasteiger partial charge in [0.1, 0.15) is 18.2 Å². The van der Waals surface area contributed by atoms with Crippen molar-refractivity contribution < 1.29 is 13.6 Å². The van der Waals surface area contributed by atoms with Crippen molar-refractivity contribution in [2.45, 2.75) is 6.92 Å². The number of aryl methyl sites for hydroxylation is 1. The highest BCUT2D eigenvalue weighted by Gasteiger charge is 2.06. The van der Waals surface area contributed by atoms with Crippen LogP contribution in [0, 0.1) is 6.92 Å². The molecule has 2 rings (SSSR count). The van der Waals surface area contributed by atoms with Gasteiger partial charge in [-0.1, -0.05) is 12.1 Å². The molecule has 1 amide bonds. The number of rotatable bonds is 4. The Kier molecular flexibility index (Phi) is 3.77. The molecule has 0 bridgehead atoms. The normalized spacial score (nSPS) is 10.3. The fraction of sp³-hybridized carbons (Fsp3) is 0.214. The summed E-state index contributed by atoms with van der Waals surface area (Å²) < 4.78 is 17.4. The van der Waals surface area contributed by atoms with Crippen molar-refractivity contribution in [1.29, 1.82) is 0 Å². The Bertz CT molecular complexity index is 531. The molecule has 1 aromatic carbocycles. The Morgan fingerprint density at radius 3 is 2.50 bits per heavy atom. The Morgan fingerprint density at radius 2 is 1.94 bits per heavy atom. The maximum atomic E-state index is 11.9. The lowest BCUT2D eigenvalue weighted by Gasteiger charge is -2.03. The van der Waals surface area contributed by atoms with E-state index in [1.807, 2.05) is 31.2 Å². The monoisotopic (exact) mass is 247 g/mol. The second kappa shape index (κ2) is 5.49. The summed E-state index contributed by atoms with van der Waals surface area (Å²) in [6.07, 6.45) is 0. The first-order valence-corrected chi connectivity index (χ1v) is 5.72. The summed E-state index contributed by atoms with van der Waals surface area (Å²) in [5.74, 6) is 1.34. The van der Waals surface area contributed by atoms with E-state index in [1.165, 1.54) is 0 Å². The van der Waals surface area contributed by atoms with Gasteiger partial charge >= 0.3 is 0 Å². The fourth-order valence-electron chi connectivity index (χ4n) is 1.64. The summed E-state index contributed by atoms with van der Waals surface area (Å²) in [5, 5.41) is 2.47. The molecule has 1 heterocycles. The van der Waals surface area contributed by atoms with E-state index < -0.39 is 6.67 Å². The molecular formula is C14H14FNO2. The van der Waals surface area contributed by atoms with Crippen LogP contribution in [0.25, 0.3) is 11.3 Å². The topological polar surface area (TPSA) is 42.2 Å². The molecular weight excluding hydrogens is 233 g/mol. The van der Waals surface area contributed by atoms with Crippen molar-refractivity contribution in [1.82, 2.24) is 5.32 Å². The number of carbonyl (C=O) groups is 1. The van der Waals surface area contributed by atoms with Crippen LogP contribution in [0.15, 0.2) is 40.8 Å². The zero-order chi connectivity index (χ0) is 13.0. The second-order valence-electron chi connectivity index (χ2n) is 3.93. The van der Waals surface area contributed by atoms with Gasteiger partial charge in [0.2, 0.25) is 0 Å². The number of carbonyl (C=O) groups excluding carboxylic acids is 1. The maximum Gasteiger partial charge on any atom is 0.251 e. The molecule has 0 spiro atoms. The maximum absolute atomic E-state index is 11.9. The number of hydrogen-bond donors (Lipinski definition) is 1. The van der Waals surface area contributed by atoms with Crippen LogP contribution < -0.4 is 5.32 Å². The summed E-state index contributed by atoms with van der Waals surface area (Å²) in [6, 6.07) is 10.8. The zero-order valence-corrected chi connectivity index (χ0v) is 10.1. The predicted molar refractivity (Wildman–Crippen MR) is 67.2 cm³/mol. The lowest BCUT2D eigenvalue weighted by molar-refractivity contribution is 0.0951. The van der Waals surface area contributed by atoms with Gasteiger partial charge in [0.25, 0.3) is 5.91 Å². The number of amides is 1. The lowest BCUT2D eigenvalue weighted by Crippen LogP contribution is -2.25. The summed E-state index contributed by atoms with van der Waals surface area (Å²) in [7, 11) is 0. The van der Waals surface area contributed by atoms with Crippen molar-refractivity contribution in [2.75, 3.05) is 13.2 Å². The molecule has 0 radical (unpaired) electrons. The van der Waals surface area contributed by atoms with Gasteiger partial charge in [0.05, 0.1) is 0 Å². The van der Waals surface area contributed by atoms with E-state index in [-0.39, 0.29) is 12.5 Å². The molecule has 4 heteroatoms. The van der Waals surface area contributed by atoms with Gasteiger partial charge in [-0.2, -0.15) is 0 Å². The van der Waals surface area contributed by atoms with E-state index in [0.717, 1.165) is 17.1 Å². The number of benzene rings is 1. The third-order valence-electron chi connectivity index (χ3n) is 2.55. The summed E-state index contributed by atoms with van der Waals surface area (Å²) in [4.78, 5) is 11.6. The fourth-order valence-corrected chi connectivity index (χ4v) is 1.64. The Hall–Kier alpha value is -2.10. The first-order valence-electron chi connectivity index (χ1n) is 5.72. The van der Waals surface area contributed by atoms with Crippen LogP contribution in [0.4, 0.5) is 4.39 Å². The molecule has 0 saturated carbocycles. The molecule has 94 valence electrons. The third-order valence-corrected chi connectivity index (χ3v) is 2.55. The number of halogens is 1. The summed E-state index contributed by atoms with van der Waals surface area (Å²) in [6.45, 7) is 1.36. The minimum absolute atomic E-state index is 0.0396. The number of hydrogen-bond acceptors (Lipinski definition) is 2. The molecule has 0 aliphatic rings. The van der Waals surface area contributed by atoms with Gasteiger partial charge < -0.3 is 9.73 Å². The van der Waals surface area contributed by atoms with Crippen LogP contribution in [0.1, 0.15) is 16.1 Å². The van der Waals surface area contributed by atoms with Crippen LogP contribution in [-0.4, -0.2) is 19.1 Å². The highest BCUT2D eigenvalue weighted by atomic mass is 19.1.